The molecule has 0 radical (unpaired) electrons. The smallest absolute Gasteiger partial charge is 0.129 e. The highest BCUT2D eigenvalue weighted by atomic mass is 16.5. The zero-order chi connectivity index (χ0) is 7.45. The summed E-state index contributed by atoms with van der Waals surface area (Å²) in [7, 11) is 0. The van der Waals surface area contributed by atoms with Crippen LogP contribution in [0, 0.1) is 11.3 Å². The van der Waals surface area contributed by atoms with Gasteiger partial charge in [0.1, 0.15) is 5.54 Å². The van der Waals surface area contributed by atoms with Crippen molar-refractivity contribution in [3.63, 3.8) is 0 Å². The van der Waals surface area contributed by atoms with Gasteiger partial charge in [0, 0.05) is 0 Å². The average molecular weight is 140 g/mol. The van der Waals surface area contributed by atoms with Crippen LogP contribution in [0.4, 0.5) is 0 Å². The van der Waals surface area contributed by atoms with Crippen molar-refractivity contribution >= 4 is 0 Å². The van der Waals surface area contributed by atoms with E-state index in [4.69, 9.17) is 10.5 Å². The van der Waals surface area contributed by atoms with Gasteiger partial charge in [0.25, 0.3) is 0 Å². The minimum atomic E-state index is -0.627. The lowest BCUT2D eigenvalue weighted by molar-refractivity contribution is 0.0696. The highest BCUT2D eigenvalue weighted by molar-refractivity contribution is 5.06. The second kappa shape index (κ2) is 3.00. The van der Waals surface area contributed by atoms with E-state index in [2.05, 4.69) is 11.5 Å². The molecule has 0 atom stereocenters. The third kappa shape index (κ3) is 1.28. The quantitative estimate of drug-likeness (QED) is 0.538. The Morgan fingerprint density at radius 1 is 1.30 bits per heavy atom. The summed E-state index contributed by atoms with van der Waals surface area (Å²) in [6.45, 7) is 0. The van der Waals surface area contributed by atoms with Crippen molar-refractivity contribution in [2.24, 2.45) is 0 Å². The van der Waals surface area contributed by atoms with E-state index in [1.807, 2.05) is 0 Å². The molecule has 1 aliphatic carbocycles. The lowest BCUT2D eigenvalue weighted by Crippen LogP contribution is -2.43. The summed E-state index contributed by atoms with van der Waals surface area (Å²) in [5.74, 6) is 0. The van der Waals surface area contributed by atoms with Crippen LogP contribution in [0.3, 0.4) is 0 Å². The summed E-state index contributed by atoms with van der Waals surface area (Å²) in [4.78, 5) is 0. The third-order valence-corrected chi connectivity index (χ3v) is 2.14. The van der Waals surface area contributed by atoms with Crippen molar-refractivity contribution in [1.29, 1.82) is 5.26 Å². The van der Waals surface area contributed by atoms with Crippen LogP contribution in [0.15, 0.2) is 0 Å². The van der Waals surface area contributed by atoms with Crippen LogP contribution in [0.25, 0.3) is 0 Å². The number of hydroxylamine groups is 1. The molecule has 0 aromatic carbocycles. The Balaban J connectivity index is 2.55. The summed E-state index contributed by atoms with van der Waals surface area (Å²) in [5, 5.41) is 17.3. The van der Waals surface area contributed by atoms with Gasteiger partial charge in [0.15, 0.2) is 0 Å². The maximum Gasteiger partial charge on any atom is 0.129 e. The molecule has 0 aromatic heterocycles. The van der Waals surface area contributed by atoms with Gasteiger partial charge in [0.2, 0.25) is 0 Å². The van der Waals surface area contributed by atoms with Crippen LogP contribution in [0.1, 0.15) is 32.1 Å². The van der Waals surface area contributed by atoms with Crippen molar-refractivity contribution in [1.82, 2.24) is 5.48 Å². The van der Waals surface area contributed by atoms with Crippen LogP contribution in [-0.4, -0.2) is 10.7 Å². The van der Waals surface area contributed by atoms with Crippen LogP contribution < -0.4 is 5.48 Å². The zero-order valence-electron chi connectivity index (χ0n) is 5.93. The second-order valence-corrected chi connectivity index (χ2v) is 2.87. The molecule has 0 saturated heterocycles. The van der Waals surface area contributed by atoms with E-state index in [0.717, 1.165) is 25.7 Å². The first kappa shape index (κ1) is 7.52. The summed E-state index contributed by atoms with van der Waals surface area (Å²) < 4.78 is 0. The van der Waals surface area contributed by atoms with Crippen molar-refractivity contribution in [3.05, 3.63) is 0 Å². The Morgan fingerprint density at radius 2 is 1.90 bits per heavy atom. The van der Waals surface area contributed by atoms with Crippen LogP contribution in [0.5, 0.6) is 0 Å². The molecule has 0 bridgehead atoms. The average Bonchev–Trinajstić information content (AvgIpc) is 2.06. The molecule has 56 valence electrons. The maximum atomic E-state index is 8.67. The molecule has 2 N–H and O–H groups in total. The number of nitrogens with one attached hydrogen (secondary N) is 1. The number of hydrogen-bond donors (Lipinski definition) is 2. The standard InChI is InChI=1S/C7H12N2O/c8-6-7(9-10)4-2-1-3-5-7/h9-10H,1-5H2. The predicted molar refractivity (Wildman–Crippen MR) is 36.4 cm³/mol. The molecule has 0 unspecified atom stereocenters. The number of nitrogens with zero attached hydrogens (tertiary/aromatic N) is 1. The van der Waals surface area contributed by atoms with E-state index in [1.165, 1.54) is 6.42 Å². The van der Waals surface area contributed by atoms with Crippen LogP contribution in [0.2, 0.25) is 0 Å². The van der Waals surface area contributed by atoms with Crippen LogP contribution >= 0.6 is 0 Å². The Bertz CT molecular complexity index is 144. The molecule has 0 spiro atoms. The van der Waals surface area contributed by atoms with E-state index in [-0.39, 0.29) is 0 Å². The van der Waals surface area contributed by atoms with E-state index in [9.17, 15) is 0 Å². The van der Waals surface area contributed by atoms with Gasteiger partial charge in [-0.05, 0) is 12.8 Å². The molecule has 0 aromatic rings. The van der Waals surface area contributed by atoms with Crippen molar-refractivity contribution < 1.29 is 5.21 Å². The number of nitriles is 1. The van der Waals surface area contributed by atoms with Crippen molar-refractivity contribution in [2.75, 3.05) is 0 Å². The lowest BCUT2D eigenvalue weighted by atomic mass is 9.84. The Morgan fingerprint density at radius 3 is 2.20 bits per heavy atom. The Kier molecular flexibility index (Phi) is 2.25. The van der Waals surface area contributed by atoms with Gasteiger partial charge in [-0.1, -0.05) is 19.3 Å². The summed E-state index contributed by atoms with van der Waals surface area (Å²) >= 11 is 0. The highest BCUT2D eigenvalue weighted by Crippen LogP contribution is 2.26. The normalized spacial score (nSPS) is 23.6. The first-order chi connectivity index (χ1) is 4.83. The molecule has 1 fully saturated rings. The van der Waals surface area contributed by atoms with Crippen LogP contribution in [-0.2, 0) is 0 Å². The van der Waals surface area contributed by atoms with Crippen molar-refractivity contribution in [3.8, 4) is 6.07 Å². The van der Waals surface area contributed by atoms with Gasteiger partial charge in [-0.15, -0.1) is 0 Å². The number of rotatable bonds is 1. The summed E-state index contributed by atoms with van der Waals surface area (Å²) in [6, 6.07) is 2.11. The van der Waals surface area contributed by atoms with Gasteiger partial charge < -0.3 is 5.21 Å². The maximum absolute atomic E-state index is 8.67. The molecule has 1 saturated carbocycles. The summed E-state index contributed by atoms with van der Waals surface area (Å²) in [5.41, 5.74) is 1.48. The fourth-order valence-corrected chi connectivity index (χ4v) is 1.40. The van der Waals surface area contributed by atoms with Gasteiger partial charge in [-0.2, -0.15) is 10.7 Å². The molecule has 1 rings (SSSR count). The van der Waals surface area contributed by atoms with Gasteiger partial charge >= 0.3 is 0 Å². The molecule has 0 heterocycles. The second-order valence-electron chi connectivity index (χ2n) is 2.87. The molecule has 1 aliphatic rings. The fraction of sp³-hybridized carbons (Fsp3) is 0.857. The van der Waals surface area contributed by atoms with E-state index >= 15 is 0 Å². The third-order valence-electron chi connectivity index (χ3n) is 2.14. The first-order valence-corrected chi connectivity index (χ1v) is 3.65. The minimum absolute atomic E-state index is 0.627. The molecule has 10 heavy (non-hydrogen) atoms. The van der Waals surface area contributed by atoms with Gasteiger partial charge in [-0.25, -0.2) is 0 Å². The SMILES string of the molecule is N#CC1(NO)CCCCC1. The molecule has 0 aliphatic heterocycles. The molecular formula is C7H12N2O. The minimum Gasteiger partial charge on any atom is -0.315 e. The molecule has 3 heteroatoms. The van der Waals surface area contributed by atoms with E-state index in [1.54, 1.807) is 0 Å². The Hall–Kier alpha value is -0.590. The zero-order valence-corrected chi connectivity index (χ0v) is 5.93. The molecule has 0 amide bonds. The monoisotopic (exact) mass is 140 g/mol. The first-order valence-electron chi connectivity index (χ1n) is 3.65. The molecule has 3 nitrogen and oxygen atoms in total. The van der Waals surface area contributed by atoms with E-state index < -0.39 is 5.54 Å². The Labute approximate surface area is 60.6 Å². The predicted octanol–water partition coefficient (Wildman–Crippen LogP) is 1.19. The molecular weight excluding hydrogens is 128 g/mol. The van der Waals surface area contributed by atoms with E-state index in [0.29, 0.717) is 0 Å². The largest absolute Gasteiger partial charge is 0.315 e. The van der Waals surface area contributed by atoms with Crippen molar-refractivity contribution in [2.45, 2.75) is 37.6 Å². The van der Waals surface area contributed by atoms with Gasteiger partial charge in [0.05, 0.1) is 6.07 Å². The topological polar surface area (TPSA) is 56.0 Å². The number of hydrogen-bond acceptors (Lipinski definition) is 3. The fourth-order valence-electron chi connectivity index (χ4n) is 1.40. The van der Waals surface area contributed by atoms with Gasteiger partial charge in [-0.3, -0.25) is 0 Å². The lowest BCUT2D eigenvalue weighted by Gasteiger charge is -2.28. The highest BCUT2D eigenvalue weighted by Gasteiger charge is 2.30. The summed E-state index contributed by atoms with van der Waals surface area (Å²) in [6.07, 6.45) is 4.83.